The van der Waals surface area contributed by atoms with Gasteiger partial charge in [0, 0.05) is 11.3 Å². The van der Waals surface area contributed by atoms with Crippen LogP contribution in [0.15, 0.2) is 75.6 Å². The Labute approximate surface area is 185 Å². The Kier molecular flexibility index (Phi) is 5.43. The summed E-state index contributed by atoms with van der Waals surface area (Å²) in [6, 6.07) is 17.7. The van der Waals surface area contributed by atoms with E-state index in [1.54, 1.807) is 32.4 Å². The Morgan fingerprint density at radius 2 is 1.90 bits per heavy atom. The fraction of sp³-hybridized carbons (Fsp3) is 0.150. The summed E-state index contributed by atoms with van der Waals surface area (Å²) >= 11 is 4.61. The van der Waals surface area contributed by atoms with Crippen LogP contribution in [0, 0.1) is 0 Å². The number of nitrogens with zero attached hydrogens (tertiary/aromatic N) is 6. The van der Waals surface area contributed by atoms with Crippen molar-refractivity contribution in [2.75, 3.05) is 5.75 Å². The Morgan fingerprint density at radius 3 is 2.67 bits per heavy atom. The molecule has 1 atom stereocenters. The molecule has 0 fully saturated rings. The fourth-order valence-electron chi connectivity index (χ4n) is 3.23. The molecule has 7 nitrogen and oxygen atoms in total. The zero-order chi connectivity index (χ0) is 20.3. The minimum absolute atomic E-state index is 0.0624. The average Bonchev–Trinajstić information content (AvgIpc) is 3.57. The van der Waals surface area contributed by atoms with E-state index in [9.17, 15) is 4.79 Å². The molecule has 10 heteroatoms. The van der Waals surface area contributed by atoms with Crippen molar-refractivity contribution >= 4 is 46.1 Å². The molecule has 0 N–H and O–H groups in total. The maximum Gasteiger partial charge on any atom is 0.253 e. The van der Waals surface area contributed by atoms with E-state index in [0.29, 0.717) is 5.16 Å². The van der Waals surface area contributed by atoms with Crippen molar-refractivity contribution in [2.24, 2.45) is 5.10 Å². The summed E-state index contributed by atoms with van der Waals surface area (Å²) in [5.41, 5.74) is 1.81. The fourth-order valence-corrected chi connectivity index (χ4v) is 5.50. The quantitative estimate of drug-likeness (QED) is 0.409. The largest absolute Gasteiger partial charge is 0.272 e. The van der Waals surface area contributed by atoms with Crippen molar-refractivity contribution in [1.29, 1.82) is 0 Å². The lowest BCUT2D eigenvalue weighted by molar-refractivity contribution is -0.130. The zero-order valence-corrected chi connectivity index (χ0v) is 18.1. The monoisotopic (exact) mass is 452 g/mol. The predicted molar refractivity (Wildman–Crippen MR) is 119 cm³/mol. The maximum absolute atomic E-state index is 13.1. The van der Waals surface area contributed by atoms with E-state index in [1.807, 2.05) is 59.3 Å². The molecule has 0 aliphatic carbocycles. The van der Waals surface area contributed by atoms with E-state index in [0.717, 1.165) is 27.6 Å². The highest BCUT2D eigenvalue weighted by molar-refractivity contribution is 7.99. The summed E-state index contributed by atoms with van der Waals surface area (Å²) in [5, 5.41) is 22.9. The van der Waals surface area contributed by atoms with Crippen LogP contribution in [0.1, 0.15) is 22.2 Å². The van der Waals surface area contributed by atoms with Gasteiger partial charge in [0.15, 0.2) is 0 Å². The van der Waals surface area contributed by atoms with Crippen molar-refractivity contribution < 1.29 is 4.79 Å². The van der Waals surface area contributed by atoms with E-state index >= 15 is 0 Å². The first-order valence-electron chi connectivity index (χ1n) is 9.23. The Hall–Kier alpha value is -2.82. The highest BCUT2D eigenvalue weighted by Gasteiger charge is 2.34. The minimum Gasteiger partial charge on any atom is -0.272 e. The number of hydrogen-bond donors (Lipinski definition) is 0. The van der Waals surface area contributed by atoms with E-state index in [4.69, 9.17) is 5.10 Å². The van der Waals surface area contributed by atoms with Gasteiger partial charge in [-0.15, -0.1) is 27.8 Å². The molecule has 1 aliphatic heterocycles. The minimum atomic E-state index is -0.0691. The van der Waals surface area contributed by atoms with Gasteiger partial charge in [0.25, 0.3) is 5.91 Å². The van der Waals surface area contributed by atoms with Crippen LogP contribution in [0.3, 0.4) is 0 Å². The first-order chi connectivity index (χ1) is 14.8. The molecule has 4 aromatic rings. The molecule has 4 heterocycles. The number of hydrazone groups is 1. The summed E-state index contributed by atoms with van der Waals surface area (Å²) in [6.07, 6.45) is 0.721. The highest BCUT2D eigenvalue weighted by atomic mass is 32.2. The van der Waals surface area contributed by atoms with Crippen molar-refractivity contribution in [3.63, 3.8) is 0 Å². The van der Waals surface area contributed by atoms with Crippen LogP contribution in [0.5, 0.6) is 0 Å². The van der Waals surface area contributed by atoms with Crippen LogP contribution in [0.2, 0.25) is 0 Å². The van der Waals surface area contributed by atoms with Gasteiger partial charge < -0.3 is 0 Å². The van der Waals surface area contributed by atoms with Crippen LogP contribution in [0.4, 0.5) is 0 Å². The molecular weight excluding hydrogens is 436 g/mol. The lowest BCUT2D eigenvalue weighted by atomic mass is 10.1. The molecule has 0 bridgehead atoms. The summed E-state index contributed by atoms with van der Waals surface area (Å²) < 4.78 is 1.64. The lowest BCUT2D eigenvalue weighted by Gasteiger charge is -2.20. The maximum atomic E-state index is 13.1. The van der Waals surface area contributed by atoms with Gasteiger partial charge in [0.1, 0.15) is 0 Å². The van der Waals surface area contributed by atoms with Gasteiger partial charge in [-0.25, -0.2) is 5.01 Å². The number of thioether (sulfide) groups is 1. The molecule has 3 aromatic heterocycles. The van der Waals surface area contributed by atoms with Crippen LogP contribution in [0.25, 0.3) is 5.69 Å². The second kappa shape index (κ2) is 8.50. The smallest absolute Gasteiger partial charge is 0.253 e. The summed E-state index contributed by atoms with van der Waals surface area (Å²) in [7, 11) is 0. The van der Waals surface area contributed by atoms with E-state index in [1.165, 1.54) is 11.8 Å². The third-order valence-electron chi connectivity index (χ3n) is 4.61. The average molecular weight is 453 g/mol. The van der Waals surface area contributed by atoms with Crippen LogP contribution in [-0.4, -0.2) is 42.6 Å². The number of benzene rings is 1. The number of para-hydroxylation sites is 1. The summed E-state index contributed by atoms with van der Waals surface area (Å²) in [6.45, 7) is 0. The number of hydrogen-bond acceptors (Lipinski definition) is 8. The lowest BCUT2D eigenvalue weighted by Crippen LogP contribution is -2.28. The first-order valence-corrected chi connectivity index (χ1v) is 12.0. The van der Waals surface area contributed by atoms with Gasteiger partial charge in [0.05, 0.1) is 28.1 Å². The molecule has 0 saturated carbocycles. The molecule has 5 rings (SSSR count). The van der Waals surface area contributed by atoms with Crippen molar-refractivity contribution in [3.05, 3.63) is 75.1 Å². The van der Waals surface area contributed by atoms with Crippen molar-refractivity contribution in [1.82, 2.24) is 25.2 Å². The van der Waals surface area contributed by atoms with Crippen molar-refractivity contribution in [3.8, 4) is 5.69 Å². The molecule has 150 valence electrons. The molecule has 1 amide bonds. The normalized spacial score (nSPS) is 16.1. The second-order valence-electron chi connectivity index (χ2n) is 6.50. The van der Waals surface area contributed by atoms with E-state index < -0.39 is 0 Å². The number of tetrazole rings is 1. The standard InChI is InChI=1S/C20H16N6OS3/c27-19(13-30-20-21-23-24-25(20)14-6-2-1-3-7-14)26-16(18-9-5-11-29-18)12-15(22-26)17-8-4-10-28-17/h1-11,16H,12-13H2. The van der Waals surface area contributed by atoms with Gasteiger partial charge in [-0.3, -0.25) is 4.79 Å². The second-order valence-corrected chi connectivity index (χ2v) is 9.36. The highest BCUT2D eigenvalue weighted by Crippen LogP contribution is 2.36. The van der Waals surface area contributed by atoms with Crippen LogP contribution in [-0.2, 0) is 4.79 Å². The third-order valence-corrected chi connectivity index (χ3v) is 7.41. The zero-order valence-electron chi connectivity index (χ0n) is 15.7. The predicted octanol–water partition coefficient (Wildman–Crippen LogP) is 4.26. The number of thiophene rings is 2. The number of carbonyl (C=O) groups is 1. The topological polar surface area (TPSA) is 76.3 Å². The van der Waals surface area contributed by atoms with Crippen molar-refractivity contribution in [2.45, 2.75) is 17.6 Å². The molecule has 1 aliphatic rings. The summed E-state index contributed by atoms with van der Waals surface area (Å²) in [4.78, 5) is 15.4. The van der Waals surface area contributed by atoms with Gasteiger partial charge in [-0.05, 0) is 45.5 Å². The van der Waals surface area contributed by atoms with Gasteiger partial charge >= 0.3 is 0 Å². The Morgan fingerprint density at radius 1 is 1.07 bits per heavy atom. The van der Waals surface area contributed by atoms with E-state index in [2.05, 4.69) is 21.6 Å². The summed E-state index contributed by atoms with van der Waals surface area (Å²) in [5.74, 6) is 0.142. The first kappa shape index (κ1) is 19.2. The number of amides is 1. The SMILES string of the molecule is O=C(CSc1nnnn1-c1ccccc1)N1N=C(c2cccs2)CC1c1cccs1. The Balaban J connectivity index is 1.35. The van der Waals surface area contributed by atoms with Crippen LogP contribution >= 0.6 is 34.4 Å². The molecular formula is C20H16N6OS3. The number of rotatable bonds is 6. The molecule has 0 spiro atoms. The molecule has 1 unspecified atom stereocenters. The number of carbonyl (C=O) groups excluding carboxylic acids is 1. The molecule has 0 saturated heterocycles. The van der Waals surface area contributed by atoms with E-state index in [-0.39, 0.29) is 17.7 Å². The van der Waals surface area contributed by atoms with Gasteiger partial charge in [0.2, 0.25) is 5.16 Å². The molecule has 30 heavy (non-hydrogen) atoms. The number of aromatic nitrogens is 4. The van der Waals surface area contributed by atoms with Crippen LogP contribution < -0.4 is 0 Å². The van der Waals surface area contributed by atoms with Gasteiger partial charge in [-0.2, -0.15) is 9.78 Å². The molecule has 0 radical (unpaired) electrons. The molecule has 1 aromatic carbocycles. The Bertz CT molecular complexity index is 1150. The van der Waals surface area contributed by atoms with Gasteiger partial charge in [-0.1, -0.05) is 42.1 Å². The third kappa shape index (κ3) is 3.81.